The van der Waals surface area contributed by atoms with Crippen LogP contribution >= 0.6 is 11.3 Å². The minimum absolute atomic E-state index is 0.0629. The zero-order chi connectivity index (χ0) is 38.2. The predicted octanol–water partition coefficient (Wildman–Crippen LogP) is 9.59. The van der Waals surface area contributed by atoms with Crippen LogP contribution < -0.4 is 5.32 Å². The Kier molecular flexibility index (Phi) is 10.3. The van der Waals surface area contributed by atoms with Gasteiger partial charge in [-0.25, -0.2) is 9.78 Å². The molecule has 9 heteroatoms. The highest BCUT2D eigenvalue weighted by Crippen LogP contribution is 2.42. The van der Waals surface area contributed by atoms with Gasteiger partial charge in [0.05, 0.1) is 0 Å². The summed E-state index contributed by atoms with van der Waals surface area (Å²) in [6.45, 7) is -0.0629. The number of aromatic nitrogens is 3. The van der Waals surface area contributed by atoms with Crippen molar-refractivity contribution in [2.24, 2.45) is 5.16 Å². The smallest absolute Gasteiger partial charge is 0.360 e. The van der Waals surface area contributed by atoms with Crippen LogP contribution in [-0.2, 0) is 27.3 Å². The number of carboxylic acids is 1. The fourth-order valence-corrected chi connectivity index (χ4v) is 8.05. The monoisotopic (exact) mass is 751 g/mol. The molecule has 0 aliphatic rings. The zero-order valence-electron chi connectivity index (χ0n) is 30.2. The Bertz CT molecular complexity index is 2330. The molecule has 8 rings (SSSR count). The standard InChI is InChI=1S/C47H37N5O3S/c53-44(54)43(42-34-56-45(48-42)49-46(35-19-7-1-8-20-35,36-21-9-2-10-22-36)37-23-11-3-12-24-37)51-55-33-41-31-32-52(50-41)47(38-25-13-4-14-26-38,39-27-15-5-16-28-39)40-29-17-6-18-30-40/h1-32,34H,33H2,(H,48,49)(H,53,54). The molecule has 0 unspecified atom stereocenters. The third kappa shape index (κ3) is 6.87. The second-order valence-electron chi connectivity index (χ2n) is 13.1. The van der Waals surface area contributed by atoms with Gasteiger partial charge in [0.2, 0.25) is 5.71 Å². The Morgan fingerprint density at radius 3 is 1.45 bits per heavy atom. The van der Waals surface area contributed by atoms with Gasteiger partial charge in [0.25, 0.3) is 0 Å². The molecule has 274 valence electrons. The molecule has 6 aromatic carbocycles. The minimum Gasteiger partial charge on any atom is -0.476 e. The summed E-state index contributed by atoms with van der Waals surface area (Å²) in [5, 5.41) is 25.3. The molecule has 0 saturated heterocycles. The van der Waals surface area contributed by atoms with Crippen LogP contribution in [0.25, 0.3) is 0 Å². The number of anilines is 1. The van der Waals surface area contributed by atoms with Crippen LogP contribution in [0, 0.1) is 0 Å². The number of hydrogen-bond acceptors (Lipinski definition) is 7. The summed E-state index contributed by atoms with van der Waals surface area (Å²) in [6.07, 6.45) is 1.92. The van der Waals surface area contributed by atoms with Gasteiger partial charge in [0.15, 0.2) is 11.7 Å². The Hall–Kier alpha value is -7.10. The van der Waals surface area contributed by atoms with Crippen LogP contribution in [0.15, 0.2) is 205 Å². The van der Waals surface area contributed by atoms with Gasteiger partial charge in [-0.2, -0.15) is 5.10 Å². The lowest BCUT2D eigenvalue weighted by molar-refractivity contribution is -0.129. The molecule has 56 heavy (non-hydrogen) atoms. The summed E-state index contributed by atoms with van der Waals surface area (Å²) >= 11 is 1.30. The van der Waals surface area contributed by atoms with Gasteiger partial charge in [0, 0.05) is 11.6 Å². The van der Waals surface area contributed by atoms with E-state index >= 15 is 0 Å². The maximum absolute atomic E-state index is 12.6. The molecule has 0 amide bonds. The highest BCUT2D eigenvalue weighted by Gasteiger charge is 2.40. The zero-order valence-corrected chi connectivity index (χ0v) is 31.0. The van der Waals surface area contributed by atoms with E-state index in [1.807, 2.05) is 126 Å². The number of hydrogen-bond donors (Lipinski definition) is 2. The third-order valence-corrected chi connectivity index (χ3v) is 10.6. The number of nitrogens with one attached hydrogen (secondary N) is 1. The van der Waals surface area contributed by atoms with Crippen LogP contribution in [0.1, 0.15) is 44.8 Å². The van der Waals surface area contributed by atoms with Crippen LogP contribution in [0.2, 0.25) is 0 Å². The quantitative estimate of drug-likeness (QED) is 0.0652. The van der Waals surface area contributed by atoms with Crippen LogP contribution in [0.4, 0.5) is 5.13 Å². The average Bonchev–Trinajstić information content (AvgIpc) is 3.94. The Balaban J connectivity index is 1.10. The first-order valence-corrected chi connectivity index (χ1v) is 19.0. The molecule has 0 fully saturated rings. The van der Waals surface area contributed by atoms with E-state index in [1.54, 1.807) is 5.38 Å². The fourth-order valence-electron chi connectivity index (χ4n) is 7.30. The average molecular weight is 752 g/mol. The number of oxime groups is 1. The number of aliphatic carboxylic acids is 1. The van der Waals surface area contributed by atoms with E-state index in [0.717, 1.165) is 33.4 Å². The number of nitrogens with zero attached hydrogens (tertiary/aromatic N) is 4. The van der Waals surface area contributed by atoms with Crippen LogP contribution in [-0.4, -0.2) is 31.6 Å². The van der Waals surface area contributed by atoms with Gasteiger partial charge in [0.1, 0.15) is 22.5 Å². The molecule has 8 nitrogen and oxygen atoms in total. The number of thiazole rings is 1. The Labute approximate surface area is 329 Å². The molecule has 0 spiro atoms. The van der Waals surface area contributed by atoms with Crippen molar-refractivity contribution in [2.45, 2.75) is 17.7 Å². The summed E-state index contributed by atoms with van der Waals surface area (Å²) in [4.78, 5) is 23.1. The Morgan fingerprint density at radius 2 is 1.04 bits per heavy atom. The van der Waals surface area contributed by atoms with E-state index in [1.165, 1.54) is 11.3 Å². The number of benzene rings is 6. The van der Waals surface area contributed by atoms with Gasteiger partial charge >= 0.3 is 5.97 Å². The van der Waals surface area contributed by atoms with Crippen molar-refractivity contribution < 1.29 is 14.7 Å². The van der Waals surface area contributed by atoms with Crippen molar-refractivity contribution in [3.8, 4) is 0 Å². The molecular formula is C47H37N5O3S. The number of rotatable bonds is 14. The molecule has 0 aliphatic carbocycles. The molecule has 0 radical (unpaired) electrons. The lowest BCUT2D eigenvalue weighted by Crippen LogP contribution is -2.38. The van der Waals surface area contributed by atoms with Crippen molar-refractivity contribution >= 4 is 28.1 Å². The van der Waals surface area contributed by atoms with E-state index in [0.29, 0.717) is 10.8 Å². The molecule has 0 bridgehead atoms. The van der Waals surface area contributed by atoms with Gasteiger partial charge < -0.3 is 15.3 Å². The van der Waals surface area contributed by atoms with Crippen molar-refractivity contribution in [1.29, 1.82) is 0 Å². The lowest BCUT2D eigenvalue weighted by atomic mass is 9.77. The summed E-state index contributed by atoms with van der Waals surface area (Å²) in [6, 6.07) is 63.0. The first-order valence-electron chi connectivity index (χ1n) is 18.1. The van der Waals surface area contributed by atoms with E-state index in [9.17, 15) is 9.90 Å². The first kappa shape index (κ1) is 35.9. The summed E-state index contributed by atoms with van der Waals surface area (Å²) < 4.78 is 1.93. The molecule has 8 aromatic rings. The third-order valence-electron chi connectivity index (χ3n) is 9.80. The number of carbonyl (C=O) groups is 1. The van der Waals surface area contributed by atoms with Crippen molar-refractivity contribution in [2.75, 3.05) is 5.32 Å². The van der Waals surface area contributed by atoms with E-state index in [4.69, 9.17) is 14.9 Å². The maximum Gasteiger partial charge on any atom is 0.360 e. The topological polar surface area (TPSA) is 102 Å². The largest absolute Gasteiger partial charge is 0.476 e. The summed E-state index contributed by atoms with van der Waals surface area (Å²) in [5.41, 5.74) is 4.90. The van der Waals surface area contributed by atoms with Gasteiger partial charge in [-0.15, -0.1) is 11.3 Å². The maximum atomic E-state index is 12.6. The summed E-state index contributed by atoms with van der Waals surface area (Å²) in [7, 11) is 0. The van der Waals surface area contributed by atoms with E-state index in [-0.39, 0.29) is 18.0 Å². The molecular weight excluding hydrogens is 715 g/mol. The molecule has 0 aliphatic heterocycles. The number of carboxylic acid groups (broad SMARTS) is 1. The van der Waals surface area contributed by atoms with Gasteiger partial charge in [-0.05, 0) is 39.4 Å². The fraction of sp³-hybridized carbons (Fsp3) is 0.0638. The SMILES string of the molecule is O=C(O)C(=NOCc1ccn(C(c2ccccc2)(c2ccccc2)c2ccccc2)n1)c1csc(NC(c2ccccc2)(c2ccccc2)c2ccccc2)n1. The first-order chi connectivity index (χ1) is 27.6. The van der Waals surface area contributed by atoms with E-state index in [2.05, 4.69) is 83.3 Å². The Morgan fingerprint density at radius 1 is 0.625 bits per heavy atom. The van der Waals surface area contributed by atoms with Crippen molar-refractivity contribution in [1.82, 2.24) is 14.8 Å². The molecule has 0 saturated carbocycles. The van der Waals surface area contributed by atoms with Gasteiger partial charge in [-0.3, -0.25) is 4.68 Å². The van der Waals surface area contributed by atoms with Crippen LogP contribution in [0.5, 0.6) is 0 Å². The second-order valence-corrected chi connectivity index (χ2v) is 13.9. The predicted molar refractivity (Wildman–Crippen MR) is 221 cm³/mol. The normalized spacial score (nSPS) is 11.9. The van der Waals surface area contributed by atoms with E-state index < -0.39 is 17.0 Å². The van der Waals surface area contributed by atoms with Crippen molar-refractivity contribution in [3.05, 3.63) is 244 Å². The van der Waals surface area contributed by atoms with Crippen molar-refractivity contribution in [3.63, 3.8) is 0 Å². The molecule has 2 N–H and O–H groups in total. The lowest BCUT2D eigenvalue weighted by Gasteiger charge is -2.36. The van der Waals surface area contributed by atoms with Gasteiger partial charge in [-0.1, -0.05) is 187 Å². The molecule has 2 aromatic heterocycles. The summed E-state index contributed by atoms with van der Waals surface area (Å²) in [5.74, 6) is -1.26. The highest BCUT2D eigenvalue weighted by atomic mass is 32.1. The second kappa shape index (κ2) is 16.1. The van der Waals surface area contributed by atoms with Crippen LogP contribution in [0.3, 0.4) is 0 Å². The minimum atomic E-state index is -1.26. The molecule has 2 heterocycles. The highest BCUT2D eigenvalue weighted by molar-refractivity contribution is 7.14. The molecule has 0 atom stereocenters.